The molecule has 0 fully saturated rings. The van der Waals surface area contributed by atoms with Crippen molar-refractivity contribution in [3.05, 3.63) is 52.3 Å². The number of thiophene rings is 1. The second-order valence-electron chi connectivity index (χ2n) is 6.17. The average Bonchev–Trinajstić information content (AvgIpc) is 3.33. The van der Waals surface area contributed by atoms with Crippen LogP contribution in [0.25, 0.3) is 20.9 Å². The van der Waals surface area contributed by atoms with E-state index in [0.29, 0.717) is 16.1 Å². The van der Waals surface area contributed by atoms with Crippen LogP contribution in [0.15, 0.2) is 40.0 Å². The summed E-state index contributed by atoms with van der Waals surface area (Å²) in [5, 5.41) is 10.1. The lowest BCUT2D eigenvalue weighted by atomic mass is 10.2. The van der Waals surface area contributed by atoms with E-state index in [0.717, 1.165) is 31.9 Å². The number of hydrogen-bond donors (Lipinski definition) is 0. The van der Waals surface area contributed by atoms with E-state index in [-0.39, 0.29) is 11.5 Å². The molecule has 3 heterocycles. The minimum Gasteiger partial charge on any atom is -0.410 e. The van der Waals surface area contributed by atoms with Gasteiger partial charge in [0.25, 0.3) is 11.1 Å². The monoisotopic (exact) mass is 417 g/mol. The van der Waals surface area contributed by atoms with Crippen LogP contribution in [0.4, 0.5) is 0 Å². The third-order valence-corrected chi connectivity index (χ3v) is 7.02. The van der Waals surface area contributed by atoms with Crippen molar-refractivity contribution in [1.82, 2.24) is 14.8 Å². The number of aryl methyl sites for hydroxylation is 1. The number of carbonyl (C=O) groups excluding carboxylic acids is 1. The summed E-state index contributed by atoms with van der Waals surface area (Å²) in [6.07, 6.45) is 0. The quantitative estimate of drug-likeness (QED) is 0.315. The van der Waals surface area contributed by atoms with Gasteiger partial charge in [-0.2, -0.15) is 0 Å². The lowest BCUT2D eigenvalue weighted by Crippen LogP contribution is -2.04. The van der Waals surface area contributed by atoms with E-state index in [4.69, 9.17) is 16.0 Å². The third kappa shape index (κ3) is 3.31. The van der Waals surface area contributed by atoms with Crippen LogP contribution in [0, 0.1) is 13.8 Å². The summed E-state index contributed by atoms with van der Waals surface area (Å²) in [6, 6.07) is 9.79. The van der Waals surface area contributed by atoms with Crippen LogP contribution in [-0.2, 0) is 7.05 Å². The first-order valence-corrected chi connectivity index (χ1v) is 10.4. The van der Waals surface area contributed by atoms with E-state index in [1.54, 1.807) is 0 Å². The molecular formula is C19H16ClN3O2S2. The van der Waals surface area contributed by atoms with Crippen molar-refractivity contribution in [2.45, 2.75) is 19.1 Å². The second-order valence-corrected chi connectivity index (χ2v) is 8.53. The fourth-order valence-electron chi connectivity index (χ4n) is 2.85. The van der Waals surface area contributed by atoms with Crippen molar-refractivity contribution in [1.29, 1.82) is 0 Å². The highest BCUT2D eigenvalue weighted by Gasteiger charge is 2.19. The number of benzene rings is 1. The molecule has 4 aromatic rings. The topological polar surface area (TPSA) is 60.9 Å². The van der Waals surface area contributed by atoms with Crippen molar-refractivity contribution in [3.63, 3.8) is 0 Å². The summed E-state index contributed by atoms with van der Waals surface area (Å²) in [6.45, 7) is 3.93. The molecule has 0 spiro atoms. The highest BCUT2D eigenvalue weighted by atomic mass is 35.5. The zero-order valence-corrected chi connectivity index (χ0v) is 17.3. The van der Waals surface area contributed by atoms with Crippen molar-refractivity contribution >= 4 is 50.6 Å². The third-order valence-electron chi connectivity index (χ3n) is 4.54. The van der Waals surface area contributed by atoms with E-state index in [2.05, 4.69) is 10.2 Å². The lowest BCUT2D eigenvalue weighted by Gasteiger charge is -2.01. The first-order chi connectivity index (χ1) is 13.0. The number of rotatable bonds is 5. The van der Waals surface area contributed by atoms with Gasteiger partial charge in [0, 0.05) is 34.1 Å². The maximum atomic E-state index is 12.5. The van der Waals surface area contributed by atoms with Gasteiger partial charge in [-0.15, -0.1) is 21.5 Å². The fraction of sp³-hybridized carbons (Fsp3) is 0.211. The molecular weight excluding hydrogens is 402 g/mol. The molecule has 0 aliphatic carbocycles. The summed E-state index contributed by atoms with van der Waals surface area (Å²) in [7, 11) is 1.95. The molecule has 0 bridgehead atoms. The predicted molar refractivity (Wildman–Crippen MR) is 110 cm³/mol. The Morgan fingerprint density at radius 2 is 2.07 bits per heavy atom. The Morgan fingerprint density at radius 1 is 1.30 bits per heavy atom. The molecule has 138 valence electrons. The zero-order valence-electron chi connectivity index (χ0n) is 14.9. The summed E-state index contributed by atoms with van der Waals surface area (Å²) < 4.78 is 8.81. The van der Waals surface area contributed by atoms with Gasteiger partial charge < -0.3 is 8.98 Å². The molecule has 5 nitrogen and oxygen atoms in total. The first kappa shape index (κ1) is 18.3. The van der Waals surface area contributed by atoms with Crippen LogP contribution in [0.2, 0.25) is 5.02 Å². The number of ketones is 1. The number of fused-ring (bicyclic) bond motifs is 1. The molecule has 0 saturated carbocycles. The van der Waals surface area contributed by atoms with Gasteiger partial charge >= 0.3 is 0 Å². The molecule has 0 aliphatic rings. The highest BCUT2D eigenvalue weighted by Crippen LogP contribution is 2.41. The summed E-state index contributed by atoms with van der Waals surface area (Å²) >= 11 is 9.21. The largest absolute Gasteiger partial charge is 0.410 e. The zero-order chi connectivity index (χ0) is 19.1. The minimum absolute atomic E-state index is 0.0424. The van der Waals surface area contributed by atoms with Crippen LogP contribution in [0.3, 0.4) is 0 Å². The Bertz CT molecular complexity index is 1160. The second kappa shape index (κ2) is 7.14. The highest BCUT2D eigenvalue weighted by molar-refractivity contribution is 7.99. The molecule has 1 aromatic carbocycles. The van der Waals surface area contributed by atoms with Gasteiger partial charge in [0.2, 0.25) is 0 Å². The molecule has 4 rings (SSSR count). The Hall–Kier alpha value is -2.09. The molecule has 27 heavy (non-hydrogen) atoms. The van der Waals surface area contributed by atoms with Crippen LogP contribution in [-0.4, -0.2) is 26.3 Å². The number of Topliss-reactive ketones (excluding diaryl/α,β-unsaturated/α-hetero) is 1. The summed E-state index contributed by atoms with van der Waals surface area (Å²) in [5.74, 6) is 0.662. The van der Waals surface area contributed by atoms with Gasteiger partial charge in [0.1, 0.15) is 4.88 Å². The molecule has 0 N–H and O–H groups in total. The molecule has 0 atom stereocenters. The Kier molecular flexibility index (Phi) is 4.84. The maximum Gasteiger partial charge on any atom is 0.277 e. The SMILES string of the molecule is Cc1cc(C(=O)CSc2nnc(-c3sc4ccccc4c3Cl)o2)c(C)n1C. The van der Waals surface area contributed by atoms with Crippen LogP contribution < -0.4 is 0 Å². The normalized spacial score (nSPS) is 11.4. The Balaban J connectivity index is 1.52. The van der Waals surface area contributed by atoms with Crippen LogP contribution in [0.5, 0.6) is 0 Å². The van der Waals surface area contributed by atoms with Gasteiger partial charge in [0.05, 0.1) is 10.8 Å². The molecule has 0 aliphatic heterocycles. The number of hydrogen-bond acceptors (Lipinski definition) is 6. The van der Waals surface area contributed by atoms with E-state index < -0.39 is 0 Å². The van der Waals surface area contributed by atoms with Gasteiger partial charge in [-0.3, -0.25) is 4.79 Å². The van der Waals surface area contributed by atoms with E-state index in [1.807, 2.05) is 55.8 Å². The first-order valence-electron chi connectivity index (χ1n) is 8.25. The van der Waals surface area contributed by atoms with E-state index >= 15 is 0 Å². The Labute approximate surface area is 169 Å². The molecule has 8 heteroatoms. The van der Waals surface area contributed by atoms with Crippen LogP contribution >= 0.6 is 34.7 Å². The van der Waals surface area contributed by atoms with Gasteiger partial charge in [0.15, 0.2) is 5.78 Å². The van der Waals surface area contributed by atoms with E-state index in [1.165, 1.54) is 23.1 Å². The lowest BCUT2D eigenvalue weighted by molar-refractivity contribution is 0.102. The molecule has 0 unspecified atom stereocenters. The number of nitrogens with zero attached hydrogens (tertiary/aromatic N) is 3. The number of aromatic nitrogens is 3. The molecule has 0 saturated heterocycles. The molecule has 0 amide bonds. The van der Waals surface area contributed by atoms with Crippen molar-refractivity contribution in [2.75, 3.05) is 5.75 Å². The molecule has 0 radical (unpaired) electrons. The van der Waals surface area contributed by atoms with Gasteiger partial charge in [-0.1, -0.05) is 41.6 Å². The van der Waals surface area contributed by atoms with E-state index in [9.17, 15) is 4.79 Å². The number of thioether (sulfide) groups is 1. The summed E-state index contributed by atoms with van der Waals surface area (Å²) in [5.41, 5.74) is 2.75. The summed E-state index contributed by atoms with van der Waals surface area (Å²) in [4.78, 5) is 13.3. The smallest absolute Gasteiger partial charge is 0.277 e. The van der Waals surface area contributed by atoms with Crippen LogP contribution in [0.1, 0.15) is 21.7 Å². The van der Waals surface area contributed by atoms with Crippen molar-refractivity contribution < 1.29 is 9.21 Å². The average molecular weight is 418 g/mol. The minimum atomic E-state index is 0.0424. The van der Waals surface area contributed by atoms with Crippen molar-refractivity contribution in [3.8, 4) is 10.8 Å². The van der Waals surface area contributed by atoms with Gasteiger partial charge in [-0.25, -0.2) is 0 Å². The van der Waals surface area contributed by atoms with Gasteiger partial charge in [-0.05, 0) is 26.0 Å². The number of carbonyl (C=O) groups is 1. The molecule has 3 aromatic heterocycles. The maximum absolute atomic E-state index is 12.5. The standard InChI is InChI=1S/C19H16ClN3O2S2/c1-10-8-13(11(2)23(10)3)14(24)9-26-19-22-21-18(25-19)17-16(20)12-6-4-5-7-15(12)27-17/h4-8H,9H2,1-3H3. The Morgan fingerprint density at radius 3 is 2.78 bits per heavy atom. The van der Waals surface area contributed by atoms with Crippen molar-refractivity contribution in [2.24, 2.45) is 7.05 Å². The fourth-order valence-corrected chi connectivity index (χ4v) is 4.93. The number of halogens is 1. The predicted octanol–water partition coefficient (Wildman–Crippen LogP) is 5.54.